The lowest BCUT2D eigenvalue weighted by Crippen LogP contribution is -3.00. The number of methoxy groups -OCH3 is 2. The van der Waals surface area contributed by atoms with Crippen LogP contribution >= 0.6 is 11.6 Å². The molecule has 0 atom stereocenters. The molecule has 0 aliphatic carbocycles. The fraction of sp³-hybridized carbons (Fsp3) is 0.161. The first-order valence-corrected chi connectivity index (χ1v) is 12.4. The minimum Gasteiger partial charge on any atom is -1.00 e. The molecule has 0 spiro atoms. The molecule has 0 fully saturated rings. The largest absolute Gasteiger partial charge is 1.00 e. The van der Waals surface area contributed by atoms with E-state index in [1.165, 1.54) is 16.7 Å². The summed E-state index contributed by atoms with van der Waals surface area (Å²) in [5.74, 6) is 1.48. The second-order valence-corrected chi connectivity index (χ2v) is 9.48. The van der Waals surface area contributed by atoms with E-state index in [-0.39, 0.29) is 17.0 Å². The Bertz CT molecular complexity index is 1530. The standard InChI is InChI=1S/C31H26ClN2O2.BrH/c1-35-29-16-23-14-15-34-19-28(22-10-8-21(9-11-22)20-6-4-3-5-7-20)33-27-17-24(32)12-13-25(27)31(34)26(23)18-30(29)36-2;/h3-13,16-18H,14-15,19H2,1-2H3;1H/q+1;/p-1. The van der Waals surface area contributed by atoms with Crippen molar-refractivity contribution in [2.45, 2.75) is 6.42 Å². The van der Waals surface area contributed by atoms with Crippen LogP contribution in [0.3, 0.4) is 0 Å². The number of fused-ring (bicyclic) bond motifs is 4. The van der Waals surface area contributed by atoms with Gasteiger partial charge in [-0.25, -0.2) is 9.57 Å². The van der Waals surface area contributed by atoms with Gasteiger partial charge < -0.3 is 26.5 Å². The van der Waals surface area contributed by atoms with Gasteiger partial charge in [0.1, 0.15) is 12.3 Å². The number of halogens is 2. The van der Waals surface area contributed by atoms with Crippen LogP contribution in [0, 0.1) is 0 Å². The average molecular weight is 574 g/mol. The van der Waals surface area contributed by atoms with Gasteiger partial charge in [0.05, 0.1) is 31.0 Å². The molecule has 6 rings (SSSR count). The minimum atomic E-state index is 0. The van der Waals surface area contributed by atoms with E-state index in [1.54, 1.807) is 14.2 Å². The molecule has 0 unspecified atom stereocenters. The van der Waals surface area contributed by atoms with Crippen molar-refractivity contribution in [1.82, 2.24) is 0 Å². The van der Waals surface area contributed by atoms with Crippen molar-refractivity contribution < 1.29 is 31.0 Å². The summed E-state index contributed by atoms with van der Waals surface area (Å²) in [6.45, 7) is 1.60. The van der Waals surface area contributed by atoms with Crippen LogP contribution in [0.1, 0.15) is 22.3 Å². The molecule has 6 heteroatoms. The Labute approximate surface area is 232 Å². The minimum absolute atomic E-state index is 0. The van der Waals surface area contributed by atoms with Crippen LogP contribution in [-0.2, 0) is 6.42 Å². The van der Waals surface area contributed by atoms with Crippen LogP contribution in [0.4, 0.5) is 5.69 Å². The predicted octanol–water partition coefficient (Wildman–Crippen LogP) is 3.57. The lowest BCUT2D eigenvalue weighted by atomic mass is 9.91. The van der Waals surface area contributed by atoms with Crippen molar-refractivity contribution in [3.05, 3.63) is 112 Å². The van der Waals surface area contributed by atoms with Crippen molar-refractivity contribution in [1.29, 1.82) is 0 Å². The van der Waals surface area contributed by atoms with Gasteiger partial charge >= 0.3 is 0 Å². The first kappa shape index (κ1) is 25.2. The maximum Gasteiger partial charge on any atom is 0.217 e. The first-order chi connectivity index (χ1) is 17.6. The predicted molar refractivity (Wildman–Crippen MR) is 146 cm³/mol. The van der Waals surface area contributed by atoms with Crippen LogP contribution in [-0.4, -0.2) is 43.3 Å². The fourth-order valence-corrected chi connectivity index (χ4v) is 5.33. The molecule has 186 valence electrons. The summed E-state index contributed by atoms with van der Waals surface area (Å²) in [6.07, 6.45) is 0.919. The number of hydrogen-bond acceptors (Lipinski definition) is 3. The molecule has 2 heterocycles. The molecule has 0 saturated carbocycles. The number of nitrogens with zero attached hydrogens (tertiary/aromatic N) is 2. The third-order valence-electron chi connectivity index (χ3n) is 6.97. The Morgan fingerprint density at radius 2 is 1.43 bits per heavy atom. The molecule has 0 N–H and O–H groups in total. The van der Waals surface area contributed by atoms with Gasteiger partial charge in [0.15, 0.2) is 18.0 Å². The van der Waals surface area contributed by atoms with Gasteiger partial charge in [-0.15, -0.1) is 0 Å². The molecule has 37 heavy (non-hydrogen) atoms. The smallest absolute Gasteiger partial charge is 0.217 e. The molecule has 2 aliphatic heterocycles. The number of benzene rings is 4. The van der Waals surface area contributed by atoms with Crippen molar-refractivity contribution in [3.8, 4) is 22.6 Å². The molecule has 4 aromatic rings. The topological polar surface area (TPSA) is 33.8 Å². The van der Waals surface area contributed by atoms with Gasteiger partial charge in [-0.1, -0.05) is 66.2 Å². The second-order valence-electron chi connectivity index (χ2n) is 9.05. The Morgan fingerprint density at radius 1 is 0.757 bits per heavy atom. The molecule has 2 aliphatic rings. The van der Waals surface area contributed by atoms with E-state index in [1.807, 2.05) is 18.2 Å². The highest BCUT2D eigenvalue weighted by Crippen LogP contribution is 2.37. The van der Waals surface area contributed by atoms with E-state index in [4.69, 9.17) is 26.1 Å². The normalized spacial score (nSPS) is 13.9. The summed E-state index contributed by atoms with van der Waals surface area (Å²) in [6, 6.07) is 29.3. The summed E-state index contributed by atoms with van der Waals surface area (Å²) in [5, 5.41) is 0.675. The quantitative estimate of drug-likeness (QED) is 0.350. The van der Waals surface area contributed by atoms with Crippen molar-refractivity contribution in [2.24, 2.45) is 4.99 Å². The first-order valence-electron chi connectivity index (χ1n) is 12.0. The maximum atomic E-state index is 6.45. The van der Waals surface area contributed by atoms with Gasteiger partial charge in [0.2, 0.25) is 5.71 Å². The van der Waals surface area contributed by atoms with E-state index >= 15 is 0 Å². The van der Waals surface area contributed by atoms with Gasteiger partial charge in [-0.3, -0.25) is 0 Å². The van der Waals surface area contributed by atoms with Crippen LogP contribution in [0.5, 0.6) is 11.5 Å². The van der Waals surface area contributed by atoms with Crippen LogP contribution in [0.25, 0.3) is 11.1 Å². The van der Waals surface area contributed by atoms with E-state index in [2.05, 4.69) is 71.3 Å². The zero-order valence-electron chi connectivity index (χ0n) is 20.7. The molecule has 0 bridgehead atoms. The molecule has 0 aromatic heterocycles. The van der Waals surface area contributed by atoms with E-state index < -0.39 is 0 Å². The van der Waals surface area contributed by atoms with Gasteiger partial charge in [0.25, 0.3) is 0 Å². The summed E-state index contributed by atoms with van der Waals surface area (Å²) >= 11 is 6.45. The second kappa shape index (κ2) is 10.5. The van der Waals surface area contributed by atoms with Gasteiger partial charge in [-0.2, -0.15) is 0 Å². The highest BCUT2D eigenvalue weighted by Gasteiger charge is 2.33. The maximum absolute atomic E-state index is 6.45. The van der Waals surface area contributed by atoms with E-state index in [9.17, 15) is 0 Å². The zero-order chi connectivity index (χ0) is 24.6. The Balaban J connectivity index is 0.00000280. The molecule has 0 radical (unpaired) electrons. The van der Waals surface area contributed by atoms with Crippen molar-refractivity contribution in [3.63, 3.8) is 0 Å². The summed E-state index contributed by atoms with van der Waals surface area (Å²) in [5.41, 5.74) is 10.0. The average Bonchev–Trinajstić information content (AvgIpc) is 3.09. The van der Waals surface area contributed by atoms with E-state index in [0.29, 0.717) is 11.6 Å². The highest BCUT2D eigenvalue weighted by molar-refractivity contribution is 6.31. The highest BCUT2D eigenvalue weighted by atomic mass is 79.9. The lowest BCUT2D eigenvalue weighted by molar-refractivity contribution is -0.512. The zero-order valence-corrected chi connectivity index (χ0v) is 23.0. The number of ether oxygens (including phenoxy) is 2. The molecule has 4 nitrogen and oxygen atoms in total. The molecule has 0 amide bonds. The van der Waals surface area contributed by atoms with Crippen LogP contribution in [0.2, 0.25) is 5.02 Å². The summed E-state index contributed by atoms with van der Waals surface area (Å²) < 4.78 is 13.7. The molecule has 4 aromatic carbocycles. The lowest BCUT2D eigenvalue weighted by Gasteiger charge is -2.20. The number of hydrogen-bond donors (Lipinski definition) is 0. The van der Waals surface area contributed by atoms with Gasteiger partial charge in [-0.05, 0) is 47.0 Å². The van der Waals surface area contributed by atoms with Crippen molar-refractivity contribution >= 4 is 28.7 Å². The third-order valence-corrected chi connectivity index (χ3v) is 7.20. The fourth-order valence-electron chi connectivity index (χ4n) is 5.16. The SMILES string of the molecule is COc1cc2c(cc1OC)C1=[N+](CC2)CC(c2ccc(-c3ccccc3)cc2)=Nc2cc(Cl)ccc21.[Br-]. The van der Waals surface area contributed by atoms with Crippen molar-refractivity contribution in [2.75, 3.05) is 27.3 Å². The van der Waals surface area contributed by atoms with Crippen LogP contribution in [0.15, 0.2) is 89.9 Å². The Kier molecular flexibility index (Phi) is 7.18. The van der Waals surface area contributed by atoms with Gasteiger partial charge in [0, 0.05) is 17.0 Å². The monoisotopic (exact) mass is 572 g/mol. The third kappa shape index (κ3) is 4.70. The number of aliphatic imine (C=N–C) groups is 1. The number of rotatable bonds is 4. The summed E-state index contributed by atoms with van der Waals surface area (Å²) in [4.78, 5) is 5.16. The molecular weight excluding hydrogens is 548 g/mol. The molecular formula is C31H26BrClN2O2. The Hall–Kier alpha value is -3.41. The summed E-state index contributed by atoms with van der Waals surface area (Å²) in [7, 11) is 3.36. The van der Waals surface area contributed by atoms with E-state index in [0.717, 1.165) is 58.3 Å². The van der Waals surface area contributed by atoms with Crippen LogP contribution < -0.4 is 26.5 Å². The Morgan fingerprint density at radius 3 is 2.16 bits per heavy atom. The molecule has 0 saturated heterocycles.